The molecule has 0 radical (unpaired) electrons. The number of hydrogen-bond donors (Lipinski definition) is 2. The number of likely N-dealkylation sites (N-methyl/N-ethyl adjacent to an activating group) is 1. The van der Waals surface area contributed by atoms with Crippen molar-refractivity contribution in [3.05, 3.63) is 60.0 Å². The number of hydrogen-bond acceptors (Lipinski definition) is 8. The van der Waals surface area contributed by atoms with Crippen LogP contribution >= 0.6 is 11.3 Å². The number of anilines is 4. The third-order valence-electron chi connectivity index (χ3n) is 6.61. The van der Waals surface area contributed by atoms with Crippen LogP contribution in [-0.4, -0.2) is 53.0 Å². The van der Waals surface area contributed by atoms with Crippen molar-refractivity contribution >= 4 is 50.5 Å². The summed E-state index contributed by atoms with van der Waals surface area (Å²) in [5.41, 5.74) is 3.66. The minimum absolute atomic E-state index is 0.132. The molecule has 2 aromatic heterocycles. The molecular weight excluding hydrogens is 460 g/mol. The second-order valence-corrected chi connectivity index (χ2v) is 10.0. The lowest BCUT2D eigenvalue weighted by molar-refractivity contribution is -0.114. The van der Waals surface area contributed by atoms with Crippen molar-refractivity contribution < 1.29 is 9.53 Å². The summed E-state index contributed by atoms with van der Waals surface area (Å²) in [4.78, 5) is 25.7. The maximum absolute atomic E-state index is 11.4. The van der Waals surface area contributed by atoms with E-state index in [4.69, 9.17) is 4.74 Å². The van der Waals surface area contributed by atoms with Gasteiger partial charge in [0.25, 0.3) is 0 Å². The quantitative estimate of drug-likeness (QED) is 0.393. The standard InChI is InChI=1S/C26H26N6O2S/c1-16(33)27-18-4-3-5-22(12-18)34-25-24-23(10-11-35-24)29-26(30-25)28-17-6-8-19(9-7-17)32-15-20-13-21(32)14-31(20)2/h3-12,20-21H,13-15H2,1-2H3,(H,27,33)(H,28,29,30). The molecule has 2 fully saturated rings. The Morgan fingerprint density at radius 2 is 1.91 bits per heavy atom. The third kappa shape index (κ3) is 4.40. The predicted octanol–water partition coefficient (Wildman–Crippen LogP) is 5.08. The van der Waals surface area contributed by atoms with Gasteiger partial charge in [-0.25, -0.2) is 4.98 Å². The smallest absolute Gasteiger partial charge is 0.242 e. The van der Waals surface area contributed by atoms with Gasteiger partial charge in [0.2, 0.25) is 17.7 Å². The average molecular weight is 487 g/mol. The number of rotatable bonds is 6. The third-order valence-corrected chi connectivity index (χ3v) is 7.50. The number of carbonyl (C=O) groups excluding carboxylic acids is 1. The zero-order valence-electron chi connectivity index (χ0n) is 19.6. The molecule has 35 heavy (non-hydrogen) atoms. The summed E-state index contributed by atoms with van der Waals surface area (Å²) in [5, 5.41) is 8.07. The highest BCUT2D eigenvalue weighted by molar-refractivity contribution is 7.17. The molecule has 2 aliphatic rings. The summed E-state index contributed by atoms with van der Waals surface area (Å²) in [5.74, 6) is 1.40. The van der Waals surface area contributed by atoms with Gasteiger partial charge in [-0.05, 0) is 61.3 Å². The Kier molecular flexibility index (Phi) is 5.50. The van der Waals surface area contributed by atoms with E-state index >= 15 is 0 Å². The van der Waals surface area contributed by atoms with Crippen molar-refractivity contribution in [3.63, 3.8) is 0 Å². The summed E-state index contributed by atoms with van der Waals surface area (Å²) in [6.07, 6.45) is 1.25. The maximum atomic E-state index is 11.4. The number of fused-ring (bicyclic) bond motifs is 3. The Labute approximate surface area is 207 Å². The molecule has 2 aromatic carbocycles. The van der Waals surface area contributed by atoms with E-state index < -0.39 is 0 Å². The lowest BCUT2D eigenvalue weighted by Crippen LogP contribution is -2.44. The number of likely N-dealkylation sites (tertiary alicyclic amines) is 1. The maximum Gasteiger partial charge on any atom is 0.242 e. The van der Waals surface area contributed by atoms with Crippen molar-refractivity contribution in [2.45, 2.75) is 25.4 Å². The van der Waals surface area contributed by atoms with E-state index in [0.29, 0.717) is 35.3 Å². The van der Waals surface area contributed by atoms with E-state index in [-0.39, 0.29) is 5.91 Å². The molecule has 0 spiro atoms. The molecule has 4 aromatic rings. The Hall–Kier alpha value is -3.69. The van der Waals surface area contributed by atoms with Crippen LogP contribution in [0, 0.1) is 0 Å². The van der Waals surface area contributed by atoms with E-state index in [1.165, 1.54) is 30.4 Å². The van der Waals surface area contributed by atoms with Gasteiger partial charge in [0.05, 0.1) is 5.52 Å². The largest absolute Gasteiger partial charge is 0.437 e. The molecule has 2 N–H and O–H groups in total. The topological polar surface area (TPSA) is 82.6 Å². The van der Waals surface area contributed by atoms with Crippen LogP contribution in [-0.2, 0) is 4.79 Å². The summed E-state index contributed by atoms with van der Waals surface area (Å²) < 4.78 is 7.00. The number of thiophene rings is 1. The Morgan fingerprint density at radius 1 is 1.06 bits per heavy atom. The fourth-order valence-electron chi connectivity index (χ4n) is 4.96. The highest BCUT2D eigenvalue weighted by atomic mass is 32.1. The molecule has 178 valence electrons. The molecule has 2 atom stereocenters. The van der Waals surface area contributed by atoms with E-state index in [2.05, 4.69) is 61.7 Å². The van der Waals surface area contributed by atoms with Gasteiger partial charge in [0.1, 0.15) is 10.4 Å². The van der Waals surface area contributed by atoms with Crippen LogP contribution in [0.4, 0.5) is 23.0 Å². The van der Waals surface area contributed by atoms with Gasteiger partial charge in [-0.1, -0.05) is 6.07 Å². The summed E-state index contributed by atoms with van der Waals surface area (Å²) in [7, 11) is 2.22. The Morgan fingerprint density at radius 3 is 2.66 bits per heavy atom. The Balaban J connectivity index is 1.22. The lowest BCUT2D eigenvalue weighted by atomic mass is 10.2. The van der Waals surface area contributed by atoms with Crippen LogP contribution in [0.25, 0.3) is 10.2 Å². The molecule has 2 unspecified atom stereocenters. The molecule has 0 saturated carbocycles. The van der Waals surface area contributed by atoms with Crippen molar-refractivity contribution in [2.24, 2.45) is 0 Å². The second-order valence-electron chi connectivity index (χ2n) is 9.11. The molecule has 4 heterocycles. The normalized spacial score (nSPS) is 19.3. The Bertz CT molecular complexity index is 1390. The van der Waals surface area contributed by atoms with E-state index in [9.17, 15) is 4.79 Å². The molecule has 6 rings (SSSR count). The van der Waals surface area contributed by atoms with Gasteiger partial charge in [-0.15, -0.1) is 11.3 Å². The van der Waals surface area contributed by atoms with Crippen LogP contribution < -0.4 is 20.3 Å². The number of benzene rings is 2. The fourth-order valence-corrected chi connectivity index (χ4v) is 5.72. The summed E-state index contributed by atoms with van der Waals surface area (Å²) >= 11 is 1.53. The zero-order valence-corrected chi connectivity index (χ0v) is 20.4. The van der Waals surface area contributed by atoms with Crippen molar-refractivity contribution in [1.29, 1.82) is 0 Å². The highest BCUT2D eigenvalue weighted by Gasteiger charge is 2.41. The van der Waals surface area contributed by atoms with Gasteiger partial charge < -0.3 is 20.3 Å². The van der Waals surface area contributed by atoms with Gasteiger partial charge in [-0.3, -0.25) is 9.69 Å². The first-order valence-electron chi connectivity index (χ1n) is 11.7. The number of nitrogens with zero attached hydrogens (tertiary/aromatic N) is 4. The van der Waals surface area contributed by atoms with Crippen LogP contribution in [0.15, 0.2) is 60.0 Å². The first-order chi connectivity index (χ1) is 17.0. The SMILES string of the molecule is CC(=O)Nc1cccc(Oc2nc(Nc3ccc(N4CC5CC4CN5C)cc3)nc3ccsc23)c1. The minimum Gasteiger partial charge on any atom is -0.437 e. The van der Waals surface area contributed by atoms with Gasteiger partial charge in [-0.2, -0.15) is 4.98 Å². The summed E-state index contributed by atoms with van der Waals surface area (Å²) in [6.45, 7) is 3.71. The number of piperazine rings is 1. The van der Waals surface area contributed by atoms with Crippen molar-refractivity contribution in [2.75, 3.05) is 35.7 Å². The zero-order chi connectivity index (χ0) is 23.9. The van der Waals surface area contributed by atoms with E-state index in [0.717, 1.165) is 29.0 Å². The minimum atomic E-state index is -0.132. The lowest BCUT2D eigenvalue weighted by Gasteiger charge is -2.33. The molecule has 2 saturated heterocycles. The number of aromatic nitrogens is 2. The van der Waals surface area contributed by atoms with Crippen LogP contribution in [0.3, 0.4) is 0 Å². The number of nitrogens with one attached hydrogen (secondary N) is 2. The monoisotopic (exact) mass is 486 g/mol. The first-order valence-corrected chi connectivity index (χ1v) is 12.5. The van der Waals surface area contributed by atoms with Crippen molar-refractivity contribution in [3.8, 4) is 11.6 Å². The van der Waals surface area contributed by atoms with Crippen LogP contribution in [0.1, 0.15) is 13.3 Å². The number of carbonyl (C=O) groups is 1. The van der Waals surface area contributed by atoms with Crippen LogP contribution in [0.5, 0.6) is 11.6 Å². The van der Waals surface area contributed by atoms with Gasteiger partial charge >= 0.3 is 0 Å². The second kappa shape index (κ2) is 8.83. The molecule has 2 aliphatic heterocycles. The van der Waals surface area contributed by atoms with Gasteiger partial charge in [0, 0.05) is 55.2 Å². The molecular formula is C26H26N6O2S. The highest BCUT2D eigenvalue weighted by Crippen LogP contribution is 2.36. The molecule has 0 aliphatic carbocycles. The van der Waals surface area contributed by atoms with E-state index in [1.807, 2.05) is 29.6 Å². The molecule has 9 heteroatoms. The predicted molar refractivity (Wildman–Crippen MR) is 140 cm³/mol. The van der Waals surface area contributed by atoms with Crippen molar-refractivity contribution in [1.82, 2.24) is 14.9 Å². The molecule has 8 nitrogen and oxygen atoms in total. The first kappa shape index (κ1) is 21.8. The molecule has 2 bridgehead atoms. The number of amides is 1. The summed E-state index contributed by atoms with van der Waals surface area (Å²) in [6, 6.07) is 19.0. The number of ether oxygens (including phenoxy) is 1. The molecule has 1 amide bonds. The van der Waals surface area contributed by atoms with Gasteiger partial charge in [0.15, 0.2) is 0 Å². The van der Waals surface area contributed by atoms with E-state index in [1.54, 1.807) is 6.07 Å². The van der Waals surface area contributed by atoms with Crippen LogP contribution in [0.2, 0.25) is 0 Å². The fraction of sp³-hybridized carbons (Fsp3) is 0.269. The average Bonchev–Trinajstić information content (AvgIpc) is 3.55.